The van der Waals surface area contributed by atoms with E-state index in [1.807, 2.05) is 48.5 Å². The van der Waals surface area contributed by atoms with Crippen LogP contribution >= 0.6 is 11.6 Å². The highest BCUT2D eigenvalue weighted by Crippen LogP contribution is 2.44. The molecule has 4 nitrogen and oxygen atoms in total. The molecular weight excluding hydrogens is 396 g/mol. The van der Waals surface area contributed by atoms with E-state index in [2.05, 4.69) is 10.2 Å². The van der Waals surface area contributed by atoms with E-state index in [-0.39, 0.29) is 5.91 Å². The van der Waals surface area contributed by atoms with Crippen LogP contribution in [0.3, 0.4) is 0 Å². The van der Waals surface area contributed by atoms with Crippen molar-refractivity contribution >= 4 is 23.2 Å². The lowest BCUT2D eigenvalue weighted by atomic mass is 9.78. The lowest BCUT2D eigenvalue weighted by Gasteiger charge is -2.29. The summed E-state index contributed by atoms with van der Waals surface area (Å²) >= 11 is 6.47. The summed E-state index contributed by atoms with van der Waals surface area (Å²) in [6.45, 7) is 4.03. The molecule has 1 saturated heterocycles. The highest BCUT2D eigenvalue weighted by Gasteiger charge is 2.43. The Balaban J connectivity index is 1.36. The molecule has 5 heteroatoms. The first kappa shape index (κ1) is 21.2. The molecule has 30 heavy (non-hydrogen) atoms. The van der Waals surface area contributed by atoms with E-state index in [0.29, 0.717) is 11.6 Å². The Morgan fingerprint density at radius 1 is 0.967 bits per heavy atom. The number of carbonyl (C=O) groups is 1. The Kier molecular flexibility index (Phi) is 6.96. The normalized spacial score (nSPS) is 18.8. The topological polar surface area (TPSA) is 41.6 Å². The molecule has 0 aromatic heterocycles. The van der Waals surface area contributed by atoms with Gasteiger partial charge in [-0.15, -0.1) is 0 Å². The average Bonchev–Trinajstić information content (AvgIpc) is 3.27. The maximum atomic E-state index is 13.3. The number of benzene rings is 2. The van der Waals surface area contributed by atoms with E-state index in [0.717, 1.165) is 49.2 Å². The summed E-state index contributed by atoms with van der Waals surface area (Å²) < 4.78 is 5.90. The Morgan fingerprint density at radius 3 is 2.37 bits per heavy atom. The molecule has 160 valence electrons. The summed E-state index contributed by atoms with van der Waals surface area (Å²) in [4.78, 5) is 15.8. The fourth-order valence-electron chi connectivity index (χ4n) is 4.81. The van der Waals surface area contributed by atoms with Crippen LogP contribution in [0, 0.1) is 0 Å². The summed E-state index contributed by atoms with van der Waals surface area (Å²) in [5.41, 5.74) is 1.20. The van der Waals surface area contributed by atoms with Gasteiger partial charge in [0.2, 0.25) is 5.91 Å². The van der Waals surface area contributed by atoms with Crippen molar-refractivity contribution in [3.05, 3.63) is 59.1 Å². The molecule has 2 aliphatic rings. The van der Waals surface area contributed by atoms with Crippen LogP contribution in [0.25, 0.3) is 0 Å². The summed E-state index contributed by atoms with van der Waals surface area (Å²) in [5.74, 6) is 0.874. The highest BCUT2D eigenvalue weighted by atomic mass is 35.5. The minimum Gasteiger partial charge on any atom is -0.492 e. The smallest absolute Gasteiger partial charge is 0.235 e. The maximum absolute atomic E-state index is 13.3. The molecule has 0 bridgehead atoms. The van der Waals surface area contributed by atoms with E-state index in [9.17, 15) is 4.79 Å². The van der Waals surface area contributed by atoms with Crippen LogP contribution in [0.5, 0.6) is 5.75 Å². The first-order valence-electron chi connectivity index (χ1n) is 11.2. The number of hydrogen-bond acceptors (Lipinski definition) is 3. The number of piperidine rings is 1. The summed E-state index contributed by atoms with van der Waals surface area (Å²) in [6, 6.07) is 15.5. The van der Waals surface area contributed by atoms with Gasteiger partial charge in [-0.05, 0) is 74.7 Å². The van der Waals surface area contributed by atoms with Crippen molar-refractivity contribution in [1.82, 2.24) is 4.90 Å². The molecule has 1 aliphatic carbocycles. The van der Waals surface area contributed by atoms with Crippen molar-refractivity contribution in [2.45, 2.75) is 50.4 Å². The summed E-state index contributed by atoms with van der Waals surface area (Å²) in [7, 11) is 0. The Labute approximate surface area is 184 Å². The molecule has 1 saturated carbocycles. The molecule has 2 aromatic carbocycles. The van der Waals surface area contributed by atoms with E-state index < -0.39 is 5.41 Å². The second-order valence-electron chi connectivity index (χ2n) is 8.50. The summed E-state index contributed by atoms with van der Waals surface area (Å²) in [5, 5.41) is 3.80. The zero-order valence-electron chi connectivity index (χ0n) is 17.5. The van der Waals surface area contributed by atoms with Crippen LogP contribution in [0.4, 0.5) is 5.69 Å². The zero-order chi connectivity index (χ0) is 20.8. The Hall–Kier alpha value is -2.04. The summed E-state index contributed by atoms with van der Waals surface area (Å²) in [6.07, 6.45) is 7.70. The molecule has 2 fully saturated rings. The van der Waals surface area contributed by atoms with Crippen molar-refractivity contribution in [2.75, 3.05) is 31.6 Å². The Morgan fingerprint density at radius 2 is 1.67 bits per heavy atom. The first-order chi connectivity index (χ1) is 14.7. The number of ether oxygens (including phenoxy) is 1. The lowest BCUT2D eigenvalue weighted by Crippen LogP contribution is -2.38. The fourth-order valence-corrected chi connectivity index (χ4v) is 5.12. The Bertz CT molecular complexity index is 840. The van der Waals surface area contributed by atoms with E-state index in [1.165, 1.54) is 32.4 Å². The number of nitrogens with zero attached hydrogens (tertiary/aromatic N) is 1. The second kappa shape index (κ2) is 9.84. The third-order valence-electron chi connectivity index (χ3n) is 6.52. The number of likely N-dealkylation sites (tertiary alicyclic amines) is 1. The molecule has 0 spiro atoms. The molecule has 2 aromatic rings. The minimum absolute atomic E-state index is 0.0341. The van der Waals surface area contributed by atoms with Gasteiger partial charge in [-0.2, -0.15) is 0 Å². The molecular formula is C25H31ClN2O2. The second-order valence-corrected chi connectivity index (χ2v) is 8.91. The lowest BCUT2D eigenvalue weighted by molar-refractivity contribution is -0.121. The SMILES string of the molecule is O=C(Nc1ccc(OCCN2CCCCC2)cc1)C1(c2ccccc2Cl)CCCC1. The van der Waals surface area contributed by atoms with Gasteiger partial charge in [0, 0.05) is 17.3 Å². The van der Waals surface area contributed by atoms with E-state index >= 15 is 0 Å². The van der Waals surface area contributed by atoms with Gasteiger partial charge in [0.05, 0.1) is 5.41 Å². The van der Waals surface area contributed by atoms with Gasteiger partial charge in [-0.25, -0.2) is 0 Å². The number of halogens is 1. The van der Waals surface area contributed by atoms with E-state index in [1.54, 1.807) is 0 Å². The standard InChI is InChI=1S/C25H31ClN2O2/c26-23-9-3-2-8-22(23)25(14-4-5-15-25)24(29)27-20-10-12-21(13-11-20)30-19-18-28-16-6-1-7-17-28/h2-3,8-13H,1,4-7,14-19H2,(H,27,29). The van der Waals surface area contributed by atoms with Crippen molar-refractivity contribution in [2.24, 2.45) is 0 Å². The molecule has 1 N–H and O–H groups in total. The molecule has 0 radical (unpaired) electrons. The van der Waals surface area contributed by atoms with Gasteiger partial charge < -0.3 is 10.1 Å². The molecule has 1 amide bonds. The maximum Gasteiger partial charge on any atom is 0.235 e. The van der Waals surface area contributed by atoms with Crippen molar-refractivity contribution in [1.29, 1.82) is 0 Å². The minimum atomic E-state index is -0.540. The number of carbonyl (C=O) groups excluding carboxylic acids is 1. The van der Waals surface area contributed by atoms with Gasteiger partial charge in [-0.3, -0.25) is 9.69 Å². The molecule has 1 heterocycles. The van der Waals surface area contributed by atoms with Crippen LogP contribution in [-0.4, -0.2) is 37.0 Å². The monoisotopic (exact) mass is 426 g/mol. The molecule has 0 atom stereocenters. The zero-order valence-corrected chi connectivity index (χ0v) is 18.3. The third-order valence-corrected chi connectivity index (χ3v) is 6.85. The van der Waals surface area contributed by atoms with Crippen molar-refractivity contribution in [3.63, 3.8) is 0 Å². The van der Waals surface area contributed by atoms with Gasteiger partial charge in [0.25, 0.3) is 0 Å². The predicted octanol–water partition coefficient (Wildman–Crippen LogP) is 5.66. The predicted molar refractivity (Wildman–Crippen MR) is 122 cm³/mol. The number of hydrogen-bond donors (Lipinski definition) is 1. The van der Waals surface area contributed by atoms with Crippen LogP contribution < -0.4 is 10.1 Å². The fraction of sp³-hybridized carbons (Fsp3) is 0.480. The number of amides is 1. The largest absolute Gasteiger partial charge is 0.492 e. The van der Waals surface area contributed by atoms with Gasteiger partial charge in [0.15, 0.2) is 0 Å². The quantitative estimate of drug-likeness (QED) is 0.621. The highest BCUT2D eigenvalue weighted by molar-refractivity contribution is 6.31. The molecule has 4 rings (SSSR count). The van der Waals surface area contributed by atoms with Gasteiger partial charge >= 0.3 is 0 Å². The first-order valence-corrected chi connectivity index (χ1v) is 11.6. The van der Waals surface area contributed by atoms with Gasteiger partial charge in [0.1, 0.15) is 12.4 Å². The van der Waals surface area contributed by atoms with Crippen molar-refractivity contribution in [3.8, 4) is 5.75 Å². The third kappa shape index (κ3) is 4.81. The number of anilines is 1. The molecule has 0 unspecified atom stereocenters. The average molecular weight is 427 g/mol. The van der Waals surface area contributed by atoms with Crippen LogP contribution in [-0.2, 0) is 10.2 Å². The van der Waals surface area contributed by atoms with Gasteiger partial charge in [-0.1, -0.05) is 49.1 Å². The van der Waals surface area contributed by atoms with E-state index in [4.69, 9.17) is 16.3 Å². The number of nitrogens with one attached hydrogen (secondary N) is 1. The molecule has 1 aliphatic heterocycles. The van der Waals surface area contributed by atoms with Crippen LogP contribution in [0.1, 0.15) is 50.5 Å². The van der Waals surface area contributed by atoms with Crippen LogP contribution in [0.15, 0.2) is 48.5 Å². The number of rotatable bonds is 7. The van der Waals surface area contributed by atoms with Crippen molar-refractivity contribution < 1.29 is 9.53 Å². The van der Waals surface area contributed by atoms with Crippen LogP contribution in [0.2, 0.25) is 5.02 Å².